The molecule has 1 amide bonds. The SMILES string of the molecule is COCCNC(=O)[C@@H](C)NS(=O)(=O)c1ccc(F)cc1. The Morgan fingerprint density at radius 3 is 2.50 bits per heavy atom. The largest absolute Gasteiger partial charge is 0.383 e. The quantitative estimate of drug-likeness (QED) is 0.708. The van der Waals surface area contributed by atoms with Crippen molar-refractivity contribution in [3.8, 4) is 0 Å². The second kappa shape index (κ2) is 7.32. The third kappa shape index (κ3) is 4.87. The van der Waals surface area contributed by atoms with Gasteiger partial charge >= 0.3 is 0 Å². The molecule has 0 fully saturated rings. The molecule has 8 heteroatoms. The van der Waals surface area contributed by atoms with E-state index in [1.807, 2.05) is 0 Å². The number of carbonyl (C=O) groups excluding carboxylic acids is 1. The van der Waals surface area contributed by atoms with Gasteiger partial charge in [0.25, 0.3) is 0 Å². The molecule has 0 spiro atoms. The van der Waals surface area contributed by atoms with Crippen LogP contribution in [0.5, 0.6) is 0 Å². The fourth-order valence-corrected chi connectivity index (χ4v) is 2.60. The maximum atomic E-state index is 12.7. The van der Waals surface area contributed by atoms with E-state index in [1.54, 1.807) is 0 Å². The molecule has 2 N–H and O–H groups in total. The van der Waals surface area contributed by atoms with Crippen LogP contribution in [0.1, 0.15) is 6.92 Å². The number of benzene rings is 1. The highest BCUT2D eigenvalue weighted by Gasteiger charge is 2.21. The number of rotatable bonds is 7. The monoisotopic (exact) mass is 304 g/mol. The van der Waals surface area contributed by atoms with Crippen LogP contribution in [0.2, 0.25) is 0 Å². The van der Waals surface area contributed by atoms with Gasteiger partial charge in [0, 0.05) is 13.7 Å². The number of ether oxygens (including phenoxy) is 1. The Hall–Kier alpha value is -1.51. The number of halogens is 1. The highest BCUT2D eigenvalue weighted by molar-refractivity contribution is 7.89. The van der Waals surface area contributed by atoms with Gasteiger partial charge in [-0.25, -0.2) is 12.8 Å². The molecule has 0 heterocycles. The minimum absolute atomic E-state index is 0.101. The smallest absolute Gasteiger partial charge is 0.241 e. The van der Waals surface area contributed by atoms with Gasteiger partial charge in [0.05, 0.1) is 17.5 Å². The molecule has 20 heavy (non-hydrogen) atoms. The van der Waals surface area contributed by atoms with Gasteiger partial charge in [-0.1, -0.05) is 0 Å². The van der Waals surface area contributed by atoms with Crippen molar-refractivity contribution in [1.82, 2.24) is 10.0 Å². The molecule has 0 aromatic heterocycles. The van der Waals surface area contributed by atoms with E-state index in [-0.39, 0.29) is 11.4 Å². The van der Waals surface area contributed by atoms with Gasteiger partial charge < -0.3 is 10.1 Å². The van der Waals surface area contributed by atoms with Crippen molar-refractivity contribution in [2.45, 2.75) is 17.9 Å². The summed E-state index contributed by atoms with van der Waals surface area (Å²) in [4.78, 5) is 11.5. The fraction of sp³-hybridized carbons (Fsp3) is 0.417. The first-order valence-corrected chi connectivity index (χ1v) is 7.39. The average Bonchev–Trinajstić information content (AvgIpc) is 2.38. The normalized spacial score (nSPS) is 12.9. The van der Waals surface area contributed by atoms with Gasteiger partial charge in [0.15, 0.2) is 0 Å². The summed E-state index contributed by atoms with van der Waals surface area (Å²) in [5.41, 5.74) is 0. The Labute approximate surface area is 117 Å². The summed E-state index contributed by atoms with van der Waals surface area (Å²) in [7, 11) is -2.37. The number of nitrogens with one attached hydrogen (secondary N) is 2. The molecule has 1 aromatic rings. The standard InChI is InChI=1S/C12H17FN2O4S/c1-9(12(16)14-7-8-19-2)15-20(17,18)11-5-3-10(13)4-6-11/h3-6,9,15H,7-8H2,1-2H3,(H,14,16)/t9-/m1/s1. The predicted octanol–water partition coefficient (Wildman–Crippen LogP) is 0.255. The first-order valence-electron chi connectivity index (χ1n) is 5.91. The van der Waals surface area contributed by atoms with E-state index in [9.17, 15) is 17.6 Å². The molecule has 0 radical (unpaired) electrons. The Bertz CT molecular complexity index is 545. The van der Waals surface area contributed by atoms with Crippen LogP contribution < -0.4 is 10.0 Å². The highest BCUT2D eigenvalue weighted by atomic mass is 32.2. The lowest BCUT2D eigenvalue weighted by Gasteiger charge is -2.14. The molecule has 0 bridgehead atoms. The first-order chi connectivity index (χ1) is 9.36. The van der Waals surface area contributed by atoms with Crippen LogP contribution in [-0.2, 0) is 19.6 Å². The van der Waals surface area contributed by atoms with Crippen molar-refractivity contribution in [3.63, 3.8) is 0 Å². The molecule has 0 aliphatic rings. The number of hydrogen-bond acceptors (Lipinski definition) is 4. The van der Waals surface area contributed by atoms with Crippen LogP contribution in [0.25, 0.3) is 0 Å². The molecule has 0 saturated carbocycles. The van der Waals surface area contributed by atoms with E-state index in [2.05, 4.69) is 10.0 Å². The van der Waals surface area contributed by atoms with E-state index in [4.69, 9.17) is 4.74 Å². The van der Waals surface area contributed by atoms with Gasteiger partial charge in [-0.2, -0.15) is 4.72 Å². The summed E-state index contributed by atoms with van der Waals surface area (Å²) in [6.07, 6.45) is 0. The fourth-order valence-electron chi connectivity index (χ4n) is 1.40. The molecule has 1 aromatic carbocycles. The number of amides is 1. The van der Waals surface area contributed by atoms with E-state index in [0.29, 0.717) is 6.61 Å². The second-order valence-corrected chi connectivity index (χ2v) is 5.79. The van der Waals surface area contributed by atoms with Crippen molar-refractivity contribution in [3.05, 3.63) is 30.1 Å². The van der Waals surface area contributed by atoms with E-state index < -0.39 is 27.8 Å². The predicted molar refractivity (Wildman–Crippen MR) is 71.1 cm³/mol. The van der Waals surface area contributed by atoms with Gasteiger partial charge in [-0.3, -0.25) is 4.79 Å². The molecule has 0 saturated heterocycles. The zero-order chi connectivity index (χ0) is 15.2. The zero-order valence-electron chi connectivity index (χ0n) is 11.2. The molecular formula is C12H17FN2O4S. The van der Waals surface area contributed by atoms with Gasteiger partial charge in [0.1, 0.15) is 5.82 Å². The maximum Gasteiger partial charge on any atom is 0.241 e. The molecule has 1 atom stereocenters. The van der Waals surface area contributed by atoms with Gasteiger partial charge in [0.2, 0.25) is 15.9 Å². The average molecular weight is 304 g/mol. The van der Waals surface area contributed by atoms with Crippen LogP contribution in [-0.4, -0.2) is 40.6 Å². The van der Waals surface area contributed by atoms with Crippen LogP contribution in [0.4, 0.5) is 4.39 Å². The van der Waals surface area contributed by atoms with E-state index in [1.165, 1.54) is 14.0 Å². The molecule has 6 nitrogen and oxygen atoms in total. The van der Waals surface area contributed by atoms with E-state index >= 15 is 0 Å². The summed E-state index contributed by atoms with van der Waals surface area (Å²) in [5.74, 6) is -0.998. The summed E-state index contributed by atoms with van der Waals surface area (Å²) in [6, 6.07) is 3.40. The second-order valence-electron chi connectivity index (χ2n) is 4.08. The first kappa shape index (κ1) is 16.5. The molecule has 0 unspecified atom stereocenters. The van der Waals surface area contributed by atoms with Crippen LogP contribution in [0.15, 0.2) is 29.2 Å². The third-order valence-corrected chi connectivity index (χ3v) is 4.01. The molecule has 112 valence electrons. The summed E-state index contributed by atoms with van der Waals surface area (Å²) < 4.78 is 43.6. The lowest BCUT2D eigenvalue weighted by atomic mass is 10.3. The molecular weight excluding hydrogens is 287 g/mol. The summed E-state index contributed by atoms with van der Waals surface area (Å²) in [5, 5.41) is 2.52. The lowest BCUT2D eigenvalue weighted by Crippen LogP contribution is -2.45. The topological polar surface area (TPSA) is 84.5 Å². The summed E-state index contributed by atoms with van der Waals surface area (Å²) in [6.45, 7) is 2.05. The number of methoxy groups -OCH3 is 1. The van der Waals surface area contributed by atoms with Crippen LogP contribution in [0.3, 0.4) is 0 Å². The lowest BCUT2D eigenvalue weighted by molar-refractivity contribution is -0.122. The Morgan fingerprint density at radius 2 is 1.95 bits per heavy atom. The minimum atomic E-state index is -3.86. The van der Waals surface area contributed by atoms with Gasteiger partial charge in [-0.15, -0.1) is 0 Å². The van der Waals surface area contributed by atoms with Crippen molar-refractivity contribution >= 4 is 15.9 Å². The molecule has 1 rings (SSSR count). The van der Waals surface area contributed by atoms with E-state index in [0.717, 1.165) is 24.3 Å². The highest BCUT2D eigenvalue weighted by Crippen LogP contribution is 2.10. The van der Waals surface area contributed by atoms with Crippen molar-refractivity contribution in [2.75, 3.05) is 20.3 Å². The third-order valence-electron chi connectivity index (χ3n) is 2.45. The zero-order valence-corrected chi connectivity index (χ0v) is 12.0. The maximum absolute atomic E-state index is 12.7. The number of carbonyl (C=O) groups is 1. The van der Waals surface area contributed by atoms with Gasteiger partial charge in [-0.05, 0) is 31.2 Å². The molecule has 0 aliphatic heterocycles. The van der Waals surface area contributed by atoms with Crippen LogP contribution >= 0.6 is 0 Å². The Morgan fingerprint density at radius 1 is 1.35 bits per heavy atom. The number of sulfonamides is 1. The Kier molecular flexibility index (Phi) is 6.05. The van der Waals surface area contributed by atoms with Crippen molar-refractivity contribution in [2.24, 2.45) is 0 Å². The molecule has 0 aliphatic carbocycles. The minimum Gasteiger partial charge on any atom is -0.383 e. The van der Waals surface area contributed by atoms with Crippen molar-refractivity contribution in [1.29, 1.82) is 0 Å². The summed E-state index contributed by atoms with van der Waals surface area (Å²) >= 11 is 0. The number of hydrogen-bond donors (Lipinski definition) is 2. The Balaban J connectivity index is 2.66. The van der Waals surface area contributed by atoms with Crippen molar-refractivity contribution < 1.29 is 22.3 Å². The van der Waals surface area contributed by atoms with Crippen LogP contribution in [0, 0.1) is 5.82 Å².